The number of amides is 1. The summed E-state index contributed by atoms with van der Waals surface area (Å²) in [7, 11) is -1.84. The number of carboxylic acid groups (broad SMARTS) is 1. The predicted molar refractivity (Wildman–Crippen MR) is 154 cm³/mol. The average Bonchev–Trinajstić information content (AvgIpc) is 3.44. The lowest BCUT2D eigenvalue weighted by Crippen LogP contribution is -2.44. The number of nitrogens with zero attached hydrogens (tertiary/aromatic N) is 2. The van der Waals surface area contributed by atoms with Crippen molar-refractivity contribution >= 4 is 36.7 Å². The van der Waals surface area contributed by atoms with Gasteiger partial charge in [-0.2, -0.15) is 0 Å². The zero-order valence-corrected chi connectivity index (χ0v) is 24.0. The minimum Gasteiger partial charge on any atom is -0.465 e. The van der Waals surface area contributed by atoms with Gasteiger partial charge in [-0.3, -0.25) is 15.4 Å². The van der Waals surface area contributed by atoms with Crippen LogP contribution in [0.5, 0.6) is 0 Å². The van der Waals surface area contributed by atoms with E-state index in [1.165, 1.54) is 0 Å². The maximum absolute atomic E-state index is 11.7. The van der Waals surface area contributed by atoms with Gasteiger partial charge < -0.3 is 19.4 Å². The molecular weight excluding hydrogens is 500 g/mol. The van der Waals surface area contributed by atoms with Crippen LogP contribution in [0.25, 0.3) is 10.9 Å². The van der Waals surface area contributed by atoms with E-state index in [9.17, 15) is 20.0 Å². The molecule has 3 aromatic rings. The SMILES string of the molecule is Cc1c(NC(=O)O)cccc1C(C[N+](=O)[O-])c1c[nH]c2cc(N3CCC(O[Si](C)(C)C(C)(C)C)C3)ccc12. The minimum atomic E-state index is -1.84. The maximum Gasteiger partial charge on any atom is 0.409 e. The number of hydrogen-bond donors (Lipinski definition) is 3. The van der Waals surface area contributed by atoms with Crippen molar-refractivity contribution < 1.29 is 19.3 Å². The van der Waals surface area contributed by atoms with E-state index in [4.69, 9.17) is 4.43 Å². The van der Waals surface area contributed by atoms with Crippen LogP contribution in [-0.2, 0) is 4.43 Å². The van der Waals surface area contributed by atoms with Crippen LogP contribution in [0.4, 0.5) is 16.2 Å². The Morgan fingerprint density at radius 3 is 2.68 bits per heavy atom. The van der Waals surface area contributed by atoms with Gasteiger partial charge in [-0.25, -0.2) is 4.79 Å². The molecular formula is C28H38N4O5Si. The highest BCUT2D eigenvalue weighted by Crippen LogP contribution is 2.39. The third kappa shape index (κ3) is 5.71. The fourth-order valence-corrected chi connectivity index (χ4v) is 6.45. The molecule has 0 saturated carbocycles. The van der Waals surface area contributed by atoms with Crippen LogP contribution in [0.1, 0.15) is 49.8 Å². The van der Waals surface area contributed by atoms with E-state index in [-0.39, 0.29) is 22.6 Å². The Morgan fingerprint density at radius 2 is 2.03 bits per heavy atom. The fourth-order valence-electron chi connectivity index (χ4n) is 5.07. The minimum absolute atomic E-state index is 0.168. The molecule has 2 aromatic carbocycles. The summed E-state index contributed by atoms with van der Waals surface area (Å²) >= 11 is 0. The number of carbonyl (C=O) groups is 1. The molecule has 10 heteroatoms. The molecule has 204 valence electrons. The summed E-state index contributed by atoms with van der Waals surface area (Å²) in [5, 5.41) is 24.3. The summed E-state index contributed by atoms with van der Waals surface area (Å²) in [4.78, 5) is 28.3. The Hall–Kier alpha value is -3.37. The molecule has 2 unspecified atom stereocenters. The molecule has 0 spiro atoms. The molecule has 3 N–H and O–H groups in total. The number of anilines is 2. The Balaban J connectivity index is 1.61. The molecule has 0 aliphatic carbocycles. The normalized spacial score (nSPS) is 17.1. The largest absolute Gasteiger partial charge is 0.465 e. The quantitative estimate of drug-likeness (QED) is 0.169. The first-order chi connectivity index (χ1) is 17.8. The molecule has 1 aliphatic rings. The van der Waals surface area contributed by atoms with Crippen molar-refractivity contribution in [3.05, 3.63) is 69.4 Å². The van der Waals surface area contributed by atoms with Crippen LogP contribution in [0.15, 0.2) is 42.6 Å². The second-order valence-corrected chi connectivity index (χ2v) is 16.5. The van der Waals surface area contributed by atoms with Crippen molar-refractivity contribution in [1.82, 2.24) is 4.98 Å². The first-order valence-electron chi connectivity index (χ1n) is 13.0. The number of H-pyrrole nitrogens is 1. The lowest BCUT2D eigenvalue weighted by atomic mass is 9.87. The molecule has 0 bridgehead atoms. The monoisotopic (exact) mass is 538 g/mol. The van der Waals surface area contributed by atoms with Crippen LogP contribution in [0.2, 0.25) is 18.1 Å². The number of fused-ring (bicyclic) bond motifs is 1. The molecule has 0 radical (unpaired) electrons. The highest BCUT2D eigenvalue weighted by atomic mass is 28.4. The van der Waals surface area contributed by atoms with Gasteiger partial charge >= 0.3 is 6.09 Å². The maximum atomic E-state index is 11.7. The van der Waals surface area contributed by atoms with E-state index in [2.05, 4.69) is 61.2 Å². The van der Waals surface area contributed by atoms with Gasteiger partial charge in [-0.15, -0.1) is 0 Å². The average molecular weight is 539 g/mol. The highest BCUT2D eigenvalue weighted by molar-refractivity contribution is 6.74. The summed E-state index contributed by atoms with van der Waals surface area (Å²) < 4.78 is 6.65. The lowest BCUT2D eigenvalue weighted by molar-refractivity contribution is -0.481. The van der Waals surface area contributed by atoms with Crippen molar-refractivity contribution in [2.75, 3.05) is 29.9 Å². The van der Waals surface area contributed by atoms with E-state index in [0.29, 0.717) is 11.3 Å². The summed E-state index contributed by atoms with van der Waals surface area (Å²) in [6.45, 7) is 14.6. The van der Waals surface area contributed by atoms with Crippen LogP contribution in [0, 0.1) is 17.0 Å². The zero-order valence-electron chi connectivity index (χ0n) is 23.0. The summed E-state index contributed by atoms with van der Waals surface area (Å²) in [5.41, 5.74) is 4.66. The van der Waals surface area contributed by atoms with E-state index in [1.54, 1.807) is 19.1 Å². The van der Waals surface area contributed by atoms with Crippen molar-refractivity contribution in [3.63, 3.8) is 0 Å². The number of benzene rings is 2. The molecule has 1 aromatic heterocycles. The van der Waals surface area contributed by atoms with E-state index < -0.39 is 20.3 Å². The molecule has 1 saturated heterocycles. The van der Waals surface area contributed by atoms with Crippen molar-refractivity contribution in [2.24, 2.45) is 0 Å². The molecule has 1 amide bonds. The highest BCUT2D eigenvalue weighted by Gasteiger charge is 2.40. The summed E-state index contributed by atoms with van der Waals surface area (Å²) in [6, 6.07) is 11.4. The number of aromatic amines is 1. The van der Waals surface area contributed by atoms with Gasteiger partial charge in [0, 0.05) is 46.5 Å². The van der Waals surface area contributed by atoms with Gasteiger partial charge in [-0.05, 0) is 66.4 Å². The van der Waals surface area contributed by atoms with Crippen LogP contribution >= 0.6 is 0 Å². The van der Waals surface area contributed by atoms with Crippen LogP contribution in [-0.4, -0.2) is 55.2 Å². The van der Waals surface area contributed by atoms with Gasteiger partial charge in [0.1, 0.15) is 0 Å². The van der Waals surface area contributed by atoms with Crippen molar-refractivity contribution in [1.29, 1.82) is 0 Å². The molecule has 2 heterocycles. The predicted octanol–water partition coefficient (Wildman–Crippen LogP) is 6.58. The molecule has 4 rings (SSSR count). The number of hydrogen-bond acceptors (Lipinski definition) is 5. The van der Waals surface area contributed by atoms with Crippen molar-refractivity contribution in [2.45, 2.75) is 64.3 Å². The van der Waals surface area contributed by atoms with Crippen LogP contribution in [0.3, 0.4) is 0 Å². The molecule has 38 heavy (non-hydrogen) atoms. The molecule has 1 fully saturated rings. The standard InChI is InChI=1S/C28H38N4O5Si/c1-18-21(8-7-9-25(18)30-27(33)34)24(17-32(35)36)23-15-29-26-14-19(10-11-22(23)26)31-13-12-20(16-31)37-38(5,6)28(2,3)4/h7-11,14-15,20,24,29-30H,12-13,16-17H2,1-6H3,(H,33,34). The number of nitrogens with one attached hydrogen (secondary N) is 2. The van der Waals surface area contributed by atoms with Gasteiger partial charge in [0.25, 0.3) is 0 Å². The second kappa shape index (κ2) is 10.4. The topological polar surface area (TPSA) is 121 Å². The summed E-state index contributed by atoms with van der Waals surface area (Å²) in [5.74, 6) is -0.533. The van der Waals surface area contributed by atoms with E-state index >= 15 is 0 Å². The molecule has 2 atom stereocenters. The van der Waals surface area contributed by atoms with Crippen molar-refractivity contribution in [3.8, 4) is 0 Å². The fraction of sp³-hybridized carbons (Fsp3) is 0.464. The number of rotatable bonds is 8. The number of nitro groups is 1. The molecule has 1 aliphatic heterocycles. The Labute approximate surface area is 224 Å². The van der Waals surface area contributed by atoms with Gasteiger partial charge in [0.15, 0.2) is 8.32 Å². The first kappa shape index (κ1) is 27.7. The van der Waals surface area contributed by atoms with Gasteiger partial charge in [0.05, 0.1) is 12.0 Å². The Kier molecular flexibility index (Phi) is 7.58. The Morgan fingerprint density at radius 1 is 1.29 bits per heavy atom. The Bertz CT molecular complexity index is 1350. The zero-order chi connectivity index (χ0) is 27.8. The third-order valence-electron chi connectivity index (χ3n) is 8.17. The van der Waals surface area contributed by atoms with Crippen LogP contribution < -0.4 is 10.2 Å². The van der Waals surface area contributed by atoms with E-state index in [0.717, 1.165) is 47.2 Å². The third-order valence-corrected chi connectivity index (χ3v) is 12.7. The molecule has 9 nitrogen and oxygen atoms in total. The lowest BCUT2D eigenvalue weighted by Gasteiger charge is -2.38. The second-order valence-electron chi connectivity index (χ2n) is 11.7. The summed E-state index contributed by atoms with van der Waals surface area (Å²) in [6.07, 6.45) is 1.87. The first-order valence-corrected chi connectivity index (χ1v) is 15.9. The number of aromatic nitrogens is 1. The smallest absolute Gasteiger partial charge is 0.409 e. The van der Waals surface area contributed by atoms with Gasteiger partial charge in [-0.1, -0.05) is 39.0 Å². The van der Waals surface area contributed by atoms with Gasteiger partial charge in [0.2, 0.25) is 6.54 Å². The van der Waals surface area contributed by atoms with E-state index in [1.807, 2.05) is 18.3 Å².